The average Bonchev–Trinajstić information content (AvgIpc) is 2.41. The number of hydrogen-bond acceptors (Lipinski definition) is 5. The lowest BCUT2D eigenvalue weighted by molar-refractivity contribution is -0.385. The Kier molecular flexibility index (Phi) is 4.18. The molecule has 1 heterocycles. The maximum absolute atomic E-state index is 12.1. The number of benzene rings is 1. The maximum Gasteiger partial charge on any atom is 0.300 e. The first kappa shape index (κ1) is 14.9. The summed E-state index contributed by atoms with van der Waals surface area (Å²) in [5.41, 5.74) is -0.763. The van der Waals surface area contributed by atoms with E-state index in [0.717, 1.165) is 0 Å². The molecule has 1 unspecified atom stereocenters. The van der Waals surface area contributed by atoms with E-state index in [1.54, 1.807) is 0 Å². The lowest BCUT2D eigenvalue weighted by Gasteiger charge is -2.21. The zero-order valence-corrected chi connectivity index (χ0v) is 11.3. The van der Waals surface area contributed by atoms with E-state index in [-0.39, 0.29) is 23.4 Å². The molecule has 0 aromatic heterocycles. The molecule has 0 aliphatic carbocycles. The van der Waals surface area contributed by atoms with Crippen LogP contribution in [0, 0.1) is 10.1 Å². The Morgan fingerprint density at radius 3 is 2.76 bits per heavy atom. The molecule has 0 bridgehead atoms. The van der Waals surface area contributed by atoms with Gasteiger partial charge in [0.2, 0.25) is 11.8 Å². The number of nitro benzene ring substituents is 1. The molecule has 0 saturated carbocycles. The largest absolute Gasteiger partial charge is 0.340 e. The summed E-state index contributed by atoms with van der Waals surface area (Å²) in [6, 6.07) is 3.02. The lowest BCUT2D eigenvalue weighted by atomic mass is 10.1. The van der Waals surface area contributed by atoms with Gasteiger partial charge < -0.3 is 5.32 Å². The number of rotatable bonds is 3. The van der Waals surface area contributed by atoms with E-state index in [2.05, 4.69) is 10.6 Å². The van der Waals surface area contributed by atoms with Gasteiger partial charge >= 0.3 is 5.69 Å². The summed E-state index contributed by atoms with van der Waals surface area (Å²) in [5.74, 6) is -1.85. The molecule has 1 fully saturated rings. The first-order valence-corrected chi connectivity index (χ1v) is 6.35. The third kappa shape index (κ3) is 3.16. The van der Waals surface area contributed by atoms with Crippen molar-refractivity contribution in [1.29, 1.82) is 0 Å². The molecule has 1 saturated heterocycles. The van der Waals surface area contributed by atoms with Gasteiger partial charge in [-0.15, -0.1) is 0 Å². The van der Waals surface area contributed by atoms with Crippen molar-refractivity contribution in [2.45, 2.75) is 18.9 Å². The fourth-order valence-corrected chi connectivity index (χ4v) is 2.19. The van der Waals surface area contributed by atoms with E-state index < -0.39 is 34.4 Å². The van der Waals surface area contributed by atoms with Gasteiger partial charge in [-0.05, 0) is 18.6 Å². The van der Waals surface area contributed by atoms with E-state index in [1.165, 1.54) is 18.2 Å². The third-order valence-electron chi connectivity index (χ3n) is 2.96. The van der Waals surface area contributed by atoms with Crippen molar-refractivity contribution < 1.29 is 19.3 Å². The summed E-state index contributed by atoms with van der Waals surface area (Å²) in [4.78, 5) is 44.8. The molecule has 3 amide bonds. The fraction of sp³-hybridized carbons (Fsp3) is 0.250. The predicted octanol–water partition coefficient (Wildman–Crippen LogP) is 0.783. The molecule has 9 heteroatoms. The number of nitrogens with zero attached hydrogens (tertiary/aromatic N) is 1. The number of carbonyl (C=O) groups excluding carboxylic acids is 3. The number of hydrogen-bond donors (Lipinski definition) is 2. The van der Waals surface area contributed by atoms with Gasteiger partial charge in [-0.25, -0.2) is 0 Å². The van der Waals surface area contributed by atoms with Gasteiger partial charge in [-0.2, -0.15) is 0 Å². The Bertz CT molecular complexity index is 646. The van der Waals surface area contributed by atoms with E-state index in [4.69, 9.17) is 11.6 Å². The summed E-state index contributed by atoms with van der Waals surface area (Å²) in [7, 11) is 0. The van der Waals surface area contributed by atoms with Crippen molar-refractivity contribution in [3.8, 4) is 0 Å². The second kappa shape index (κ2) is 5.88. The molecule has 0 radical (unpaired) electrons. The van der Waals surface area contributed by atoms with E-state index in [1.807, 2.05) is 0 Å². The number of imide groups is 1. The minimum atomic E-state index is -0.909. The van der Waals surface area contributed by atoms with Crippen LogP contribution in [-0.2, 0) is 9.59 Å². The molecule has 110 valence electrons. The number of piperidine rings is 1. The number of amides is 3. The van der Waals surface area contributed by atoms with Crippen LogP contribution in [-0.4, -0.2) is 28.7 Å². The number of nitro groups is 1. The van der Waals surface area contributed by atoms with Gasteiger partial charge in [-0.1, -0.05) is 17.7 Å². The van der Waals surface area contributed by atoms with Crippen LogP contribution in [0.4, 0.5) is 5.69 Å². The van der Waals surface area contributed by atoms with Gasteiger partial charge in [0.05, 0.1) is 4.92 Å². The first-order chi connectivity index (χ1) is 9.90. The molecule has 1 atom stereocenters. The van der Waals surface area contributed by atoms with Crippen LogP contribution in [0.25, 0.3) is 0 Å². The normalized spacial score (nSPS) is 18.0. The number of carbonyl (C=O) groups is 3. The van der Waals surface area contributed by atoms with E-state index in [9.17, 15) is 24.5 Å². The summed E-state index contributed by atoms with van der Waals surface area (Å²) in [6.45, 7) is 0. The minimum absolute atomic E-state index is 0.0916. The highest BCUT2D eigenvalue weighted by atomic mass is 35.5. The number of para-hydroxylation sites is 1. The summed E-state index contributed by atoms with van der Waals surface area (Å²) in [5, 5.41) is 15.2. The molecule has 0 spiro atoms. The van der Waals surface area contributed by atoms with Crippen LogP contribution in [0.5, 0.6) is 0 Å². The van der Waals surface area contributed by atoms with Crippen LogP contribution >= 0.6 is 11.6 Å². The van der Waals surface area contributed by atoms with Crippen molar-refractivity contribution >= 4 is 35.0 Å². The highest BCUT2D eigenvalue weighted by Crippen LogP contribution is 2.28. The smallest absolute Gasteiger partial charge is 0.300 e. The highest BCUT2D eigenvalue weighted by Gasteiger charge is 2.30. The van der Waals surface area contributed by atoms with Crippen molar-refractivity contribution in [1.82, 2.24) is 10.6 Å². The Balaban J connectivity index is 2.22. The second-order valence-corrected chi connectivity index (χ2v) is 4.78. The molecule has 1 aromatic carbocycles. The molecular weight excluding hydrogens is 302 g/mol. The highest BCUT2D eigenvalue weighted by molar-refractivity contribution is 6.33. The van der Waals surface area contributed by atoms with Crippen LogP contribution in [0.1, 0.15) is 23.2 Å². The van der Waals surface area contributed by atoms with Crippen molar-refractivity contribution in [3.63, 3.8) is 0 Å². The average molecular weight is 312 g/mol. The summed E-state index contributed by atoms with van der Waals surface area (Å²) < 4.78 is 0. The molecule has 21 heavy (non-hydrogen) atoms. The van der Waals surface area contributed by atoms with E-state index >= 15 is 0 Å². The molecule has 8 nitrogen and oxygen atoms in total. The maximum atomic E-state index is 12.1. The van der Waals surface area contributed by atoms with Gasteiger partial charge in [0.15, 0.2) is 0 Å². The summed E-state index contributed by atoms with van der Waals surface area (Å²) in [6.07, 6.45) is 0.235. The molecule has 1 aliphatic heterocycles. The van der Waals surface area contributed by atoms with Crippen molar-refractivity contribution in [2.75, 3.05) is 0 Å². The SMILES string of the molecule is O=C1CCC(NC(=O)c2cccc(Cl)c2[N+](=O)[O-])C(=O)N1. The van der Waals surface area contributed by atoms with E-state index in [0.29, 0.717) is 0 Å². The van der Waals surface area contributed by atoms with Gasteiger partial charge in [0.25, 0.3) is 5.91 Å². The fourth-order valence-electron chi connectivity index (χ4n) is 1.95. The van der Waals surface area contributed by atoms with Crippen LogP contribution in [0.2, 0.25) is 5.02 Å². The van der Waals surface area contributed by atoms with Gasteiger partial charge in [-0.3, -0.25) is 29.8 Å². The number of halogens is 1. The third-order valence-corrected chi connectivity index (χ3v) is 3.26. The van der Waals surface area contributed by atoms with Gasteiger partial charge in [0, 0.05) is 6.42 Å². The molecule has 1 aromatic rings. The number of nitrogens with one attached hydrogen (secondary N) is 2. The first-order valence-electron chi connectivity index (χ1n) is 5.97. The standard InChI is InChI=1S/C12H10ClN3O5/c13-7-3-1-2-6(10(7)16(20)21)11(18)14-8-4-5-9(17)15-12(8)19/h1-3,8H,4-5H2,(H,14,18)(H,15,17,19). The molecule has 2 rings (SSSR count). The van der Waals surface area contributed by atoms with Crippen LogP contribution in [0.3, 0.4) is 0 Å². The summed E-state index contributed by atoms with van der Waals surface area (Å²) >= 11 is 5.71. The Morgan fingerprint density at radius 1 is 1.43 bits per heavy atom. The lowest BCUT2D eigenvalue weighted by Crippen LogP contribution is -2.52. The van der Waals surface area contributed by atoms with Crippen LogP contribution in [0.15, 0.2) is 18.2 Å². The second-order valence-electron chi connectivity index (χ2n) is 4.37. The van der Waals surface area contributed by atoms with Gasteiger partial charge in [0.1, 0.15) is 16.6 Å². The molecule has 2 N–H and O–H groups in total. The molecule has 1 aliphatic rings. The zero-order valence-electron chi connectivity index (χ0n) is 10.6. The van der Waals surface area contributed by atoms with Crippen LogP contribution < -0.4 is 10.6 Å². The minimum Gasteiger partial charge on any atom is -0.340 e. The topological polar surface area (TPSA) is 118 Å². The Labute approximate surface area is 123 Å². The predicted molar refractivity (Wildman–Crippen MR) is 71.7 cm³/mol. The molecular formula is C12H10ClN3O5. The zero-order chi connectivity index (χ0) is 15.6. The van der Waals surface area contributed by atoms with Crippen molar-refractivity contribution in [3.05, 3.63) is 38.9 Å². The monoisotopic (exact) mass is 311 g/mol. The quantitative estimate of drug-likeness (QED) is 0.486. The Hall–Kier alpha value is -2.48. The Morgan fingerprint density at radius 2 is 2.14 bits per heavy atom. The van der Waals surface area contributed by atoms with Crippen molar-refractivity contribution in [2.24, 2.45) is 0 Å².